The molecule has 0 aliphatic heterocycles. The van der Waals surface area contributed by atoms with Crippen LogP contribution in [0.3, 0.4) is 0 Å². The zero-order valence-corrected chi connectivity index (χ0v) is 14.4. The van der Waals surface area contributed by atoms with E-state index >= 15 is 0 Å². The summed E-state index contributed by atoms with van der Waals surface area (Å²) in [7, 11) is 0. The number of aromatic nitrogens is 5. The molecule has 0 radical (unpaired) electrons. The Morgan fingerprint density at radius 1 is 1.11 bits per heavy atom. The van der Waals surface area contributed by atoms with Crippen LogP contribution in [-0.4, -0.2) is 24.5 Å². The van der Waals surface area contributed by atoms with Crippen LogP contribution in [0.4, 0.5) is 13.2 Å². The fourth-order valence-corrected chi connectivity index (χ4v) is 3.24. The third-order valence-electron chi connectivity index (χ3n) is 4.54. The Bertz CT molecular complexity index is 1330. The first-order valence-corrected chi connectivity index (χ1v) is 8.37. The minimum atomic E-state index is -4.43. The number of nitrogens with one attached hydrogen (secondary N) is 1. The molecule has 1 N–H and O–H groups in total. The van der Waals surface area contributed by atoms with Crippen molar-refractivity contribution in [3.8, 4) is 23.0 Å². The van der Waals surface area contributed by atoms with Gasteiger partial charge in [-0.3, -0.25) is 0 Å². The maximum atomic E-state index is 13.0. The number of aromatic amines is 1. The molecule has 0 fully saturated rings. The number of nitrogens with zero attached hydrogens (tertiary/aromatic N) is 4. The van der Waals surface area contributed by atoms with Crippen molar-refractivity contribution in [1.29, 1.82) is 0 Å². The van der Waals surface area contributed by atoms with Crippen LogP contribution in [0.25, 0.3) is 39.5 Å². The number of imidazole rings is 1. The van der Waals surface area contributed by atoms with E-state index in [1.165, 1.54) is 10.6 Å². The fraction of sp³-hybridized carbons (Fsp3) is 0.105. The topological polar surface area (TPSA) is 72.0 Å². The second-order valence-corrected chi connectivity index (χ2v) is 6.43. The van der Waals surface area contributed by atoms with Gasteiger partial charge in [0.2, 0.25) is 5.82 Å². The molecule has 28 heavy (non-hydrogen) atoms. The molecule has 4 aromatic heterocycles. The molecule has 140 valence electrons. The van der Waals surface area contributed by atoms with Crippen LogP contribution in [-0.2, 0) is 6.18 Å². The molecular formula is C19H12F3N5O. The monoisotopic (exact) mass is 383 g/mol. The molecule has 0 spiro atoms. The van der Waals surface area contributed by atoms with Crippen molar-refractivity contribution < 1.29 is 17.7 Å². The Morgan fingerprint density at radius 2 is 1.96 bits per heavy atom. The van der Waals surface area contributed by atoms with Gasteiger partial charge in [-0.2, -0.15) is 18.2 Å². The lowest BCUT2D eigenvalue weighted by molar-refractivity contribution is -0.137. The number of benzene rings is 1. The molecule has 9 heteroatoms. The second kappa shape index (κ2) is 5.69. The number of halogens is 3. The highest BCUT2D eigenvalue weighted by atomic mass is 19.4. The van der Waals surface area contributed by atoms with Crippen molar-refractivity contribution in [3.63, 3.8) is 0 Å². The van der Waals surface area contributed by atoms with Crippen LogP contribution in [0.2, 0.25) is 0 Å². The third kappa shape index (κ3) is 2.55. The molecule has 5 aromatic rings. The number of fused-ring (bicyclic) bond motifs is 2. The summed E-state index contributed by atoms with van der Waals surface area (Å²) in [6.07, 6.45) is -0.170. The average Bonchev–Trinajstić information content (AvgIpc) is 3.38. The lowest BCUT2D eigenvalue weighted by atomic mass is 10.1. The Hall–Kier alpha value is -3.62. The highest BCUT2D eigenvalue weighted by Crippen LogP contribution is 2.32. The first-order chi connectivity index (χ1) is 13.4. The zero-order chi connectivity index (χ0) is 19.5. The predicted molar refractivity (Wildman–Crippen MR) is 95.5 cm³/mol. The minimum absolute atomic E-state index is 0.138. The zero-order valence-electron chi connectivity index (χ0n) is 14.4. The van der Waals surface area contributed by atoms with Gasteiger partial charge in [0.15, 0.2) is 0 Å². The maximum Gasteiger partial charge on any atom is 0.417 e. The van der Waals surface area contributed by atoms with Crippen molar-refractivity contribution >= 4 is 16.6 Å². The van der Waals surface area contributed by atoms with Gasteiger partial charge in [0.25, 0.3) is 5.89 Å². The van der Waals surface area contributed by atoms with Crippen LogP contribution in [0.5, 0.6) is 0 Å². The van der Waals surface area contributed by atoms with Crippen LogP contribution < -0.4 is 0 Å². The van der Waals surface area contributed by atoms with Crippen LogP contribution in [0.1, 0.15) is 11.1 Å². The highest BCUT2D eigenvalue weighted by Gasteiger charge is 2.31. The first-order valence-electron chi connectivity index (χ1n) is 8.37. The maximum absolute atomic E-state index is 13.0. The molecule has 4 heterocycles. The molecule has 0 saturated carbocycles. The standard InChI is InChI=1S/C19H12F3N5O/c1-10-7-11(19(20,21)22)8-27-9-15(24-17(10)27)18-25-16(26-28-18)13-3-2-4-14-12(13)5-6-23-14/h2-9,23H,1H3. The van der Waals surface area contributed by atoms with Gasteiger partial charge in [-0.1, -0.05) is 17.3 Å². The molecular weight excluding hydrogens is 371 g/mol. The van der Waals surface area contributed by atoms with Gasteiger partial charge in [0.1, 0.15) is 11.3 Å². The number of aryl methyl sites for hydroxylation is 1. The van der Waals surface area contributed by atoms with E-state index in [4.69, 9.17) is 4.52 Å². The summed E-state index contributed by atoms with van der Waals surface area (Å²) < 4.78 is 45.8. The van der Waals surface area contributed by atoms with E-state index in [9.17, 15) is 13.2 Å². The van der Waals surface area contributed by atoms with Crippen molar-refractivity contribution in [3.05, 3.63) is 60.0 Å². The SMILES string of the molecule is Cc1cc(C(F)(F)F)cn2cc(-c3nc(-c4cccc5[nH]ccc45)no3)nc12. The lowest BCUT2D eigenvalue weighted by Crippen LogP contribution is -2.07. The van der Waals surface area contributed by atoms with E-state index in [-0.39, 0.29) is 5.89 Å². The Labute approximate surface area is 155 Å². The number of rotatable bonds is 2. The number of hydrogen-bond donors (Lipinski definition) is 1. The quantitative estimate of drug-likeness (QED) is 0.473. The number of hydrogen-bond acceptors (Lipinski definition) is 4. The smallest absolute Gasteiger partial charge is 0.361 e. The summed E-state index contributed by atoms with van der Waals surface area (Å²) in [5.74, 6) is 0.518. The van der Waals surface area contributed by atoms with E-state index in [1.54, 1.807) is 6.92 Å². The summed E-state index contributed by atoms with van der Waals surface area (Å²) in [5, 5.41) is 4.95. The summed E-state index contributed by atoms with van der Waals surface area (Å²) in [6, 6.07) is 8.65. The summed E-state index contributed by atoms with van der Waals surface area (Å²) in [4.78, 5) is 11.9. The summed E-state index contributed by atoms with van der Waals surface area (Å²) >= 11 is 0. The summed E-state index contributed by atoms with van der Waals surface area (Å²) in [6.45, 7) is 1.58. The average molecular weight is 383 g/mol. The van der Waals surface area contributed by atoms with Gasteiger partial charge in [-0.05, 0) is 30.7 Å². The lowest BCUT2D eigenvalue weighted by Gasteiger charge is -2.08. The highest BCUT2D eigenvalue weighted by molar-refractivity contribution is 5.93. The summed E-state index contributed by atoms with van der Waals surface area (Å²) in [5.41, 5.74) is 2.09. The van der Waals surface area contributed by atoms with Gasteiger partial charge >= 0.3 is 6.18 Å². The van der Waals surface area contributed by atoms with E-state index in [0.717, 1.165) is 28.7 Å². The van der Waals surface area contributed by atoms with Crippen LogP contribution in [0, 0.1) is 6.92 Å². The molecule has 0 aliphatic rings. The molecule has 0 amide bonds. The second-order valence-electron chi connectivity index (χ2n) is 6.43. The molecule has 0 saturated heterocycles. The van der Waals surface area contributed by atoms with Gasteiger partial charge in [-0.25, -0.2) is 4.98 Å². The minimum Gasteiger partial charge on any atom is -0.361 e. The Balaban J connectivity index is 1.60. The van der Waals surface area contributed by atoms with E-state index in [1.807, 2.05) is 30.5 Å². The van der Waals surface area contributed by atoms with E-state index < -0.39 is 11.7 Å². The van der Waals surface area contributed by atoms with Crippen LogP contribution >= 0.6 is 0 Å². The van der Waals surface area contributed by atoms with Crippen molar-refractivity contribution in [2.24, 2.45) is 0 Å². The first kappa shape index (κ1) is 16.5. The number of alkyl halides is 3. The normalized spacial score (nSPS) is 12.3. The largest absolute Gasteiger partial charge is 0.417 e. The van der Waals surface area contributed by atoms with E-state index in [2.05, 4.69) is 20.1 Å². The Kier molecular flexibility index (Phi) is 3.36. The van der Waals surface area contributed by atoms with Crippen molar-refractivity contribution in [1.82, 2.24) is 24.5 Å². The predicted octanol–water partition coefficient (Wildman–Crippen LogP) is 4.86. The molecule has 0 atom stereocenters. The van der Waals surface area contributed by atoms with Gasteiger partial charge in [-0.15, -0.1) is 0 Å². The Morgan fingerprint density at radius 3 is 2.79 bits per heavy atom. The van der Waals surface area contributed by atoms with Gasteiger partial charge < -0.3 is 13.9 Å². The molecule has 0 unspecified atom stereocenters. The third-order valence-corrected chi connectivity index (χ3v) is 4.54. The molecule has 5 rings (SSSR count). The number of pyridine rings is 1. The van der Waals surface area contributed by atoms with Crippen molar-refractivity contribution in [2.75, 3.05) is 0 Å². The molecule has 1 aromatic carbocycles. The van der Waals surface area contributed by atoms with Crippen molar-refractivity contribution in [2.45, 2.75) is 13.1 Å². The van der Waals surface area contributed by atoms with E-state index in [0.29, 0.717) is 22.7 Å². The van der Waals surface area contributed by atoms with Gasteiger partial charge in [0, 0.05) is 35.1 Å². The molecule has 0 aliphatic carbocycles. The molecule has 0 bridgehead atoms. The number of H-pyrrole nitrogens is 1. The fourth-order valence-electron chi connectivity index (χ4n) is 3.24. The van der Waals surface area contributed by atoms with Gasteiger partial charge in [0.05, 0.1) is 5.56 Å². The van der Waals surface area contributed by atoms with Crippen LogP contribution in [0.15, 0.2) is 53.4 Å². The molecule has 6 nitrogen and oxygen atoms in total.